The van der Waals surface area contributed by atoms with Gasteiger partial charge in [0.2, 0.25) is 0 Å². The van der Waals surface area contributed by atoms with Crippen molar-refractivity contribution in [2.45, 2.75) is 117 Å². The number of ether oxygens (including phenoxy) is 3. The van der Waals surface area contributed by atoms with Gasteiger partial charge in [-0.3, -0.25) is 14.2 Å². The Morgan fingerprint density at radius 3 is 2.19 bits per heavy atom. The maximum atomic E-state index is 14.6. The molecule has 1 unspecified atom stereocenters. The van der Waals surface area contributed by atoms with Crippen LogP contribution in [0, 0.1) is 0 Å². The number of carbonyl (C=O) groups is 3. The van der Waals surface area contributed by atoms with Crippen molar-refractivity contribution >= 4 is 29.2 Å². The average molecular weight is 783 g/mol. The number of hydrogen-bond donors (Lipinski definition) is 2. The van der Waals surface area contributed by atoms with E-state index in [-0.39, 0.29) is 55.3 Å². The second-order valence-electron chi connectivity index (χ2n) is 14.7. The number of anilines is 2. The molecule has 0 radical (unpaired) electrons. The van der Waals surface area contributed by atoms with E-state index in [2.05, 4.69) is 12.2 Å². The van der Waals surface area contributed by atoms with Crippen molar-refractivity contribution in [2.24, 2.45) is 0 Å². The minimum Gasteiger partial charge on any atom is -0.491 e. The lowest BCUT2D eigenvalue weighted by molar-refractivity contribution is -0.130. The first-order valence-electron chi connectivity index (χ1n) is 20.5. The van der Waals surface area contributed by atoms with E-state index in [0.29, 0.717) is 12.1 Å². The van der Waals surface area contributed by atoms with E-state index < -0.39 is 35.4 Å². The van der Waals surface area contributed by atoms with Gasteiger partial charge in [0.25, 0.3) is 23.6 Å². The summed E-state index contributed by atoms with van der Waals surface area (Å²) in [6, 6.07) is 19.2. The van der Waals surface area contributed by atoms with Crippen LogP contribution in [0.2, 0.25) is 0 Å². The predicted molar refractivity (Wildman–Crippen MR) is 222 cm³/mol. The Morgan fingerprint density at radius 2 is 1.51 bits per heavy atom. The van der Waals surface area contributed by atoms with Gasteiger partial charge < -0.3 is 29.5 Å². The van der Waals surface area contributed by atoms with E-state index in [0.717, 1.165) is 35.0 Å². The van der Waals surface area contributed by atoms with Crippen LogP contribution in [0.1, 0.15) is 119 Å². The minimum absolute atomic E-state index is 0.0142. The lowest BCUT2D eigenvalue weighted by atomic mass is 10.1. The van der Waals surface area contributed by atoms with Gasteiger partial charge in [-0.25, -0.2) is 14.2 Å². The Kier molecular flexibility index (Phi) is 15.8. The number of carbonyl (C=O) groups excluding carboxylic acids is 3. The zero-order valence-electron chi connectivity index (χ0n) is 33.8. The molecule has 0 spiro atoms. The van der Waals surface area contributed by atoms with Crippen molar-refractivity contribution in [1.29, 1.82) is 0 Å². The quantitative estimate of drug-likeness (QED) is 0.0460. The van der Waals surface area contributed by atoms with Crippen LogP contribution in [0.5, 0.6) is 17.5 Å². The number of aromatic hydroxyl groups is 1. The van der Waals surface area contributed by atoms with Gasteiger partial charge in [0.05, 0.1) is 37.1 Å². The molecular weight excluding hydrogens is 725 g/mol. The molecule has 12 nitrogen and oxygen atoms in total. The van der Waals surface area contributed by atoms with Crippen LogP contribution in [0.4, 0.5) is 11.4 Å². The van der Waals surface area contributed by atoms with Crippen LogP contribution < -0.4 is 25.4 Å². The van der Waals surface area contributed by atoms with Gasteiger partial charge in [-0.15, -0.1) is 0 Å². The van der Waals surface area contributed by atoms with E-state index in [4.69, 9.17) is 14.2 Å². The van der Waals surface area contributed by atoms with Gasteiger partial charge in [0.15, 0.2) is 6.04 Å². The molecule has 0 aliphatic carbocycles. The molecule has 1 aromatic heterocycles. The Morgan fingerprint density at radius 1 is 0.842 bits per heavy atom. The number of nitrogens with one attached hydrogen (secondary N) is 1. The Hall–Kier alpha value is -5.52. The minimum atomic E-state index is -1.88. The average Bonchev–Trinajstić information content (AvgIpc) is 3.73. The highest BCUT2D eigenvalue weighted by Crippen LogP contribution is 2.35. The highest BCUT2D eigenvalue weighted by atomic mass is 16.5. The number of aromatic nitrogens is 2. The van der Waals surface area contributed by atoms with Gasteiger partial charge in [-0.1, -0.05) is 113 Å². The van der Waals surface area contributed by atoms with Gasteiger partial charge in [0.1, 0.15) is 5.75 Å². The number of benzene rings is 3. The number of unbranched alkanes of at least 4 members (excludes halogenated alkanes) is 9. The fraction of sp³-hybridized carbons (Fsp3) is 0.467. The number of imidazole rings is 1. The van der Waals surface area contributed by atoms with Crippen LogP contribution in [0.15, 0.2) is 77.6 Å². The molecular formula is C45H58N4O8. The normalized spacial score (nSPS) is 12.7. The molecule has 57 heavy (non-hydrogen) atoms. The molecule has 1 aliphatic heterocycles. The first-order chi connectivity index (χ1) is 27.6. The predicted octanol–water partition coefficient (Wildman–Crippen LogP) is 8.44. The summed E-state index contributed by atoms with van der Waals surface area (Å²) in [5.74, 6) is -2.81. The summed E-state index contributed by atoms with van der Waals surface area (Å²) in [6.45, 7) is 8.21. The molecule has 0 bridgehead atoms. The topological polar surface area (TPSA) is 141 Å². The SMILES string of the molecule is CCCCCCCCCCCCOC(=O)c1ccc(OC(C)C)c(NC(=O)C(C(=O)N2CCc3ccccc32)n2c(O)c(OCC)n(Cc3ccccc3)c2=O)c1. The molecule has 0 fully saturated rings. The molecule has 4 aromatic rings. The van der Waals surface area contributed by atoms with Gasteiger partial charge in [-0.2, -0.15) is 0 Å². The first-order valence-corrected chi connectivity index (χ1v) is 20.5. The van der Waals surface area contributed by atoms with Crippen LogP contribution in [0.3, 0.4) is 0 Å². The second-order valence-corrected chi connectivity index (χ2v) is 14.7. The highest BCUT2D eigenvalue weighted by Gasteiger charge is 2.41. The van der Waals surface area contributed by atoms with Crippen molar-refractivity contribution in [1.82, 2.24) is 9.13 Å². The van der Waals surface area contributed by atoms with Gasteiger partial charge >= 0.3 is 11.7 Å². The van der Waals surface area contributed by atoms with Crippen LogP contribution in [-0.2, 0) is 27.3 Å². The fourth-order valence-electron chi connectivity index (χ4n) is 7.15. The van der Waals surface area contributed by atoms with Crippen molar-refractivity contribution in [3.05, 3.63) is 100.0 Å². The lowest BCUT2D eigenvalue weighted by Crippen LogP contribution is -2.45. The Bertz CT molecular complexity index is 2000. The summed E-state index contributed by atoms with van der Waals surface area (Å²) in [7, 11) is 0. The summed E-state index contributed by atoms with van der Waals surface area (Å²) < 4.78 is 19.4. The van der Waals surface area contributed by atoms with E-state index in [1.165, 1.54) is 60.5 Å². The van der Waals surface area contributed by atoms with Crippen LogP contribution in [0.25, 0.3) is 0 Å². The van der Waals surface area contributed by atoms with Crippen LogP contribution >= 0.6 is 0 Å². The fourth-order valence-corrected chi connectivity index (χ4v) is 7.15. The molecule has 2 heterocycles. The zero-order chi connectivity index (χ0) is 40.7. The summed E-state index contributed by atoms with van der Waals surface area (Å²) in [5.41, 5.74) is 1.72. The second kappa shape index (κ2) is 21.1. The largest absolute Gasteiger partial charge is 0.491 e. The highest BCUT2D eigenvalue weighted by molar-refractivity contribution is 6.14. The first kappa shape index (κ1) is 42.6. The molecule has 306 valence electrons. The van der Waals surface area contributed by atoms with E-state index >= 15 is 0 Å². The smallest absolute Gasteiger partial charge is 0.338 e. The molecule has 1 atom stereocenters. The maximum absolute atomic E-state index is 14.6. The number of esters is 1. The molecule has 0 saturated carbocycles. The van der Waals surface area contributed by atoms with Crippen LogP contribution in [-0.4, -0.2) is 57.9 Å². The number of amides is 2. The zero-order valence-corrected chi connectivity index (χ0v) is 33.8. The molecule has 2 N–H and O–H groups in total. The molecule has 5 rings (SSSR count). The van der Waals surface area contributed by atoms with Crippen molar-refractivity contribution in [3.63, 3.8) is 0 Å². The number of rotatable bonds is 22. The van der Waals surface area contributed by atoms with Crippen molar-refractivity contribution in [3.8, 4) is 17.5 Å². The number of fused-ring (bicyclic) bond motifs is 1. The lowest BCUT2D eigenvalue weighted by Gasteiger charge is -2.25. The summed E-state index contributed by atoms with van der Waals surface area (Å²) in [5, 5.41) is 14.4. The monoisotopic (exact) mass is 782 g/mol. The Labute approximate surface area is 335 Å². The standard InChI is InChI=1S/C45H58N4O8/c1-5-7-8-9-10-11-12-13-14-20-29-56-44(53)35-25-26-38(57-32(3)4)36(30-35)46-40(50)39(41(51)47-28-27-34-23-18-19-24-37(34)47)49-42(52)43(55-6-2)48(45(49)54)31-33-21-16-15-17-22-33/h15-19,21-26,30,32,39,52H,5-14,20,27-29,31H2,1-4H3,(H,46,50). The third kappa shape index (κ3) is 11.1. The third-order valence-electron chi connectivity index (χ3n) is 10.0. The van der Waals surface area contributed by atoms with Crippen molar-refractivity contribution < 1.29 is 33.7 Å². The number of para-hydroxylation sites is 1. The van der Waals surface area contributed by atoms with Gasteiger partial charge in [-0.05, 0) is 69.0 Å². The molecule has 2 amide bonds. The van der Waals surface area contributed by atoms with E-state index in [9.17, 15) is 24.3 Å². The number of hydrogen-bond acceptors (Lipinski definition) is 8. The maximum Gasteiger partial charge on any atom is 0.338 e. The summed E-state index contributed by atoms with van der Waals surface area (Å²) in [6.07, 6.45) is 11.8. The van der Waals surface area contributed by atoms with E-state index in [1.807, 2.05) is 56.3 Å². The Balaban J connectivity index is 1.41. The van der Waals surface area contributed by atoms with Gasteiger partial charge in [0, 0.05) is 12.2 Å². The number of nitrogens with zero attached hydrogens (tertiary/aromatic N) is 3. The molecule has 12 heteroatoms. The molecule has 3 aromatic carbocycles. The molecule has 1 aliphatic rings. The third-order valence-corrected chi connectivity index (χ3v) is 10.0. The van der Waals surface area contributed by atoms with Crippen molar-refractivity contribution in [2.75, 3.05) is 30.0 Å². The summed E-state index contributed by atoms with van der Waals surface area (Å²) >= 11 is 0. The van der Waals surface area contributed by atoms with E-state index in [1.54, 1.807) is 31.2 Å². The summed E-state index contributed by atoms with van der Waals surface area (Å²) in [4.78, 5) is 58.3. The molecule has 0 saturated heterocycles.